The molecule has 0 saturated heterocycles. The Hall–Kier alpha value is -1.67. The Bertz CT molecular complexity index is 505. The monoisotopic (exact) mass is 243 g/mol. The molecule has 1 unspecified atom stereocenters. The van der Waals surface area contributed by atoms with Gasteiger partial charge in [0, 0.05) is 11.6 Å². The second-order valence-corrected chi connectivity index (χ2v) is 4.55. The summed E-state index contributed by atoms with van der Waals surface area (Å²) in [5.41, 5.74) is 3.18. The van der Waals surface area contributed by atoms with Crippen LogP contribution >= 0.6 is 0 Å². The van der Waals surface area contributed by atoms with Crippen LogP contribution in [0.15, 0.2) is 48.5 Å². The molecular weight excluding hydrogens is 225 g/mol. The lowest BCUT2D eigenvalue weighted by molar-refractivity contribution is 0.534. The highest BCUT2D eigenvalue weighted by molar-refractivity contribution is 5.26. The lowest BCUT2D eigenvalue weighted by Crippen LogP contribution is -2.20. The molecule has 0 heterocycles. The zero-order valence-electron chi connectivity index (χ0n) is 10.8. The van der Waals surface area contributed by atoms with E-state index < -0.39 is 0 Å². The molecule has 0 amide bonds. The van der Waals surface area contributed by atoms with Gasteiger partial charge in [-0.1, -0.05) is 48.0 Å². The highest BCUT2D eigenvalue weighted by Gasteiger charge is 2.13. The predicted octanol–water partition coefficient (Wildman–Crippen LogP) is 3.64. The predicted molar refractivity (Wildman–Crippen MR) is 73.1 cm³/mol. The quantitative estimate of drug-likeness (QED) is 0.864. The van der Waals surface area contributed by atoms with Crippen molar-refractivity contribution >= 4 is 0 Å². The molecule has 0 aliphatic rings. The van der Waals surface area contributed by atoms with Crippen LogP contribution in [0.4, 0.5) is 4.39 Å². The SMILES string of the molecule is CNC(Cc1ccc(C)cc1)c1ccccc1F. The number of hydrogen-bond donors (Lipinski definition) is 1. The van der Waals surface area contributed by atoms with Crippen LogP contribution in [0.1, 0.15) is 22.7 Å². The molecule has 0 aliphatic heterocycles. The van der Waals surface area contributed by atoms with Crippen molar-refractivity contribution in [2.24, 2.45) is 0 Å². The maximum absolute atomic E-state index is 13.8. The fraction of sp³-hybridized carbons (Fsp3) is 0.250. The number of nitrogens with one attached hydrogen (secondary N) is 1. The van der Waals surface area contributed by atoms with E-state index in [0.717, 1.165) is 12.0 Å². The average Bonchev–Trinajstić information content (AvgIpc) is 2.39. The summed E-state index contributed by atoms with van der Waals surface area (Å²) >= 11 is 0. The Kier molecular flexibility index (Phi) is 4.11. The van der Waals surface area contributed by atoms with Gasteiger partial charge in [0.25, 0.3) is 0 Å². The molecule has 1 atom stereocenters. The van der Waals surface area contributed by atoms with Crippen LogP contribution < -0.4 is 5.32 Å². The normalized spacial score (nSPS) is 12.4. The Labute approximate surface area is 108 Å². The van der Waals surface area contributed by atoms with Gasteiger partial charge in [-0.2, -0.15) is 0 Å². The van der Waals surface area contributed by atoms with E-state index in [9.17, 15) is 4.39 Å². The van der Waals surface area contributed by atoms with Gasteiger partial charge in [-0.3, -0.25) is 0 Å². The van der Waals surface area contributed by atoms with Gasteiger partial charge in [0.1, 0.15) is 5.82 Å². The van der Waals surface area contributed by atoms with E-state index in [1.165, 1.54) is 17.2 Å². The van der Waals surface area contributed by atoms with Crippen LogP contribution in [0.5, 0.6) is 0 Å². The maximum Gasteiger partial charge on any atom is 0.127 e. The molecule has 0 fully saturated rings. The third-order valence-electron chi connectivity index (χ3n) is 3.19. The Balaban J connectivity index is 2.20. The van der Waals surface area contributed by atoms with E-state index in [1.54, 1.807) is 6.07 Å². The standard InChI is InChI=1S/C16H18FN/c1-12-7-9-13(10-8-12)11-16(18-2)14-5-3-4-6-15(14)17/h3-10,16,18H,11H2,1-2H3. The van der Waals surface area contributed by atoms with Crippen molar-refractivity contribution in [3.8, 4) is 0 Å². The van der Waals surface area contributed by atoms with Gasteiger partial charge in [0.15, 0.2) is 0 Å². The van der Waals surface area contributed by atoms with Crippen molar-refractivity contribution in [1.82, 2.24) is 5.32 Å². The Morgan fingerprint density at radius 3 is 2.33 bits per heavy atom. The first-order chi connectivity index (χ1) is 8.70. The average molecular weight is 243 g/mol. The van der Waals surface area contributed by atoms with Crippen molar-refractivity contribution < 1.29 is 4.39 Å². The van der Waals surface area contributed by atoms with E-state index >= 15 is 0 Å². The van der Waals surface area contributed by atoms with Gasteiger partial charge < -0.3 is 5.32 Å². The minimum absolute atomic E-state index is 0.00825. The molecule has 0 saturated carbocycles. The lowest BCUT2D eigenvalue weighted by Gasteiger charge is -2.17. The fourth-order valence-corrected chi connectivity index (χ4v) is 2.09. The summed E-state index contributed by atoms with van der Waals surface area (Å²) in [5.74, 6) is -0.149. The molecule has 1 nitrogen and oxygen atoms in total. The van der Waals surface area contributed by atoms with E-state index in [0.29, 0.717) is 0 Å². The molecular formula is C16H18FN. The summed E-state index contributed by atoms with van der Waals surface area (Å²) in [6.45, 7) is 2.07. The van der Waals surface area contributed by atoms with Gasteiger partial charge in [0.05, 0.1) is 0 Å². The number of likely N-dealkylation sites (N-methyl/N-ethyl adjacent to an activating group) is 1. The number of aryl methyl sites for hydroxylation is 1. The molecule has 18 heavy (non-hydrogen) atoms. The minimum Gasteiger partial charge on any atom is -0.313 e. The fourth-order valence-electron chi connectivity index (χ4n) is 2.09. The Morgan fingerprint density at radius 1 is 1.06 bits per heavy atom. The topological polar surface area (TPSA) is 12.0 Å². The summed E-state index contributed by atoms with van der Waals surface area (Å²) < 4.78 is 13.8. The molecule has 2 aromatic carbocycles. The molecule has 0 radical (unpaired) electrons. The molecule has 1 N–H and O–H groups in total. The smallest absolute Gasteiger partial charge is 0.127 e. The number of benzene rings is 2. The molecule has 0 spiro atoms. The molecule has 0 aromatic heterocycles. The zero-order chi connectivity index (χ0) is 13.0. The van der Waals surface area contributed by atoms with Crippen molar-refractivity contribution in [2.45, 2.75) is 19.4 Å². The van der Waals surface area contributed by atoms with E-state index in [2.05, 4.69) is 36.5 Å². The number of halogens is 1. The maximum atomic E-state index is 13.8. The zero-order valence-corrected chi connectivity index (χ0v) is 10.8. The lowest BCUT2D eigenvalue weighted by atomic mass is 9.98. The van der Waals surface area contributed by atoms with Crippen molar-refractivity contribution in [2.75, 3.05) is 7.05 Å². The first kappa shape index (κ1) is 12.8. The third-order valence-corrected chi connectivity index (χ3v) is 3.19. The van der Waals surface area contributed by atoms with Gasteiger partial charge in [0.2, 0.25) is 0 Å². The van der Waals surface area contributed by atoms with Crippen LogP contribution in [0.25, 0.3) is 0 Å². The summed E-state index contributed by atoms with van der Waals surface area (Å²) in [6.07, 6.45) is 0.789. The first-order valence-electron chi connectivity index (χ1n) is 6.18. The van der Waals surface area contributed by atoms with Gasteiger partial charge >= 0.3 is 0 Å². The van der Waals surface area contributed by atoms with Crippen molar-refractivity contribution in [1.29, 1.82) is 0 Å². The van der Waals surface area contributed by atoms with Crippen molar-refractivity contribution in [3.63, 3.8) is 0 Å². The second kappa shape index (κ2) is 5.78. The Morgan fingerprint density at radius 2 is 1.72 bits per heavy atom. The van der Waals surface area contributed by atoms with Gasteiger partial charge in [-0.25, -0.2) is 4.39 Å². The summed E-state index contributed by atoms with van der Waals surface area (Å²) in [4.78, 5) is 0. The van der Waals surface area contributed by atoms with E-state index in [1.807, 2.05) is 19.2 Å². The van der Waals surface area contributed by atoms with Crippen LogP contribution in [-0.4, -0.2) is 7.05 Å². The molecule has 2 aromatic rings. The molecule has 0 bridgehead atoms. The molecule has 2 rings (SSSR count). The summed E-state index contributed by atoms with van der Waals surface area (Å²) in [5, 5.41) is 3.18. The van der Waals surface area contributed by atoms with Crippen LogP contribution in [0.3, 0.4) is 0 Å². The highest BCUT2D eigenvalue weighted by Crippen LogP contribution is 2.21. The van der Waals surface area contributed by atoms with Gasteiger partial charge in [-0.15, -0.1) is 0 Å². The van der Waals surface area contributed by atoms with Gasteiger partial charge in [-0.05, 0) is 32.0 Å². The third kappa shape index (κ3) is 2.96. The van der Waals surface area contributed by atoms with E-state index in [-0.39, 0.29) is 11.9 Å². The second-order valence-electron chi connectivity index (χ2n) is 4.55. The highest BCUT2D eigenvalue weighted by atomic mass is 19.1. The largest absolute Gasteiger partial charge is 0.313 e. The van der Waals surface area contributed by atoms with Crippen LogP contribution in [0, 0.1) is 12.7 Å². The number of hydrogen-bond acceptors (Lipinski definition) is 1. The molecule has 94 valence electrons. The molecule has 0 aliphatic carbocycles. The number of rotatable bonds is 4. The van der Waals surface area contributed by atoms with Crippen LogP contribution in [0.2, 0.25) is 0 Å². The summed E-state index contributed by atoms with van der Waals surface area (Å²) in [7, 11) is 1.87. The first-order valence-corrected chi connectivity index (χ1v) is 6.18. The molecule has 2 heteroatoms. The minimum atomic E-state index is -0.149. The summed E-state index contributed by atoms with van der Waals surface area (Å²) in [6, 6.07) is 15.3. The van der Waals surface area contributed by atoms with Crippen molar-refractivity contribution in [3.05, 3.63) is 71.0 Å². The van der Waals surface area contributed by atoms with Crippen LogP contribution in [-0.2, 0) is 6.42 Å². The van der Waals surface area contributed by atoms with E-state index in [4.69, 9.17) is 0 Å².